The first-order valence-electron chi connectivity index (χ1n) is 8.58. The number of hydrogen-bond acceptors (Lipinski definition) is 4. The molecule has 0 spiro atoms. The van der Waals surface area contributed by atoms with Crippen molar-refractivity contribution in [2.24, 2.45) is 0 Å². The number of hydrogen-bond donors (Lipinski definition) is 0. The van der Waals surface area contributed by atoms with Crippen LogP contribution in [0.2, 0.25) is 0 Å². The quantitative estimate of drug-likeness (QED) is 0.765. The Morgan fingerprint density at radius 1 is 1.11 bits per heavy atom. The molecule has 0 aliphatic carbocycles. The van der Waals surface area contributed by atoms with Crippen LogP contribution in [0.3, 0.4) is 0 Å². The van der Waals surface area contributed by atoms with Crippen molar-refractivity contribution in [3.05, 3.63) is 53.6 Å². The third-order valence-electron chi connectivity index (χ3n) is 4.69. The molecule has 27 heavy (non-hydrogen) atoms. The standard InChI is InChI=1S/C20H21F2NO4/c1-25-14-7-8-17(26-2)16(11-14)13-9-10-23(12-13)19(24)15-5-3-4-6-18(15)27-20(21)22/h3-8,11,13,20H,9-10,12H2,1-2H3. The van der Waals surface area contributed by atoms with E-state index >= 15 is 0 Å². The number of ether oxygens (including phenoxy) is 3. The lowest BCUT2D eigenvalue weighted by Crippen LogP contribution is -2.29. The van der Waals surface area contributed by atoms with Gasteiger partial charge in [-0.25, -0.2) is 0 Å². The second kappa shape index (κ2) is 8.24. The van der Waals surface area contributed by atoms with Gasteiger partial charge < -0.3 is 19.1 Å². The van der Waals surface area contributed by atoms with Crippen molar-refractivity contribution in [1.82, 2.24) is 4.90 Å². The summed E-state index contributed by atoms with van der Waals surface area (Å²) in [6.07, 6.45) is 0.743. The molecule has 3 rings (SSSR count). The van der Waals surface area contributed by atoms with Gasteiger partial charge in [-0.2, -0.15) is 8.78 Å². The molecule has 1 saturated heterocycles. The Hall–Kier alpha value is -2.83. The summed E-state index contributed by atoms with van der Waals surface area (Å²) >= 11 is 0. The molecule has 2 aromatic rings. The van der Waals surface area contributed by atoms with Gasteiger partial charge in [-0.1, -0.05) is 12.1 Å². The van der Waals surface area contributed by atoms with Gasteiger partial charge in [0.15, 0.2) is 0 Å². The summed E-state index contributed by atoms with van der Waals surface area (Å²) in [6.45, 7) is -2.00. The van der Waals surface area contributed by atoms with Crippen molar-refractivity contribution < 1.29 is 27.8 Å². The highest BCUT2D eigenvalue weighted by Gasteiger charge is 2.31. The largest absolute Gasteiger partial charge is 0.497 e. The fourth-order valence-corrected chi connectivity index (χ4v) is 3.37. The third-order valence-corrected chi connectivity index (χ3v) is 4.69. The van der Waals surface area contributed by atoms with Crippen LogP contribution in [0, 0.1) is 0 Å². The zero-order valence-electron chi connectivity index (χ0n) is 15.2. The summed E-state index contributed by atoms with van der Waals surface area (Å²) < 4.78 is 40.4. The van der Waals surface area contributed by atoms with E-state index in [2.05, 4.69) is 4.74 Å². The number of para-hydroxylation sites is 1. The zero-order chi connectivity index (χ0) is 19.4. The highest BCUT2D eigenvalue weighted by atomic mass is 19.3. The van der Waals surface area contributed by atoms with Crippen LogP contribution in [-0.2, 0) is 0 Å². The van der Waals surface area contributed by atoms with Crippen LogP contribution in [0.4, 0.5) is 8.78 Å². The molecule has 1 unspecified atom stereocenters. The second-order valence-corrected chi connectivity index (χ2v) is 6.22. The van der Waals surface area contributed by atoms with E-state index in [1.54, 1.807) is 31.3 Å². The molecular weight excluding hydrogens is 356 g/mol. The lowest BCUT2D eigenvalue weighted by Gasteiger charge is -2.20. The van der Waals surface area contributed by atoms with Gasteiger partial charge in [0.25, 0.3) is 5.91 Å². The van der Waals surface area contributed by atoms with Crippen LogP contribution in [0.1, 0.15) is 28.3 Å². The summed E-state index contributed by atoms with van der Waals surface area (Å²) in [7, 11) is 3.19. The van der Waals surface area contributed by atoms with E-state index in [0.717, 1.165) is 17.7 Å². The molecule has 2 aromatic carbocycles. The van der Waals surface area contributed by atoms with Crippen LogP contribution in [0.25, 0.3) is 0 Å². The predicted octanol–water partition coefficient (Wildman–Crippen LogP) is 3.93. The Balaban J connectivity index is 1.80. The fraction of sp³-hybridized carbons (Fsp3) is 0.350. The number of alkyl halides is 2. The molecule has 0 saturated carbocycles. The normalized spacial score (nSPS) is 16.5. The van der Waals surface area contributed by atoms with Crippen LogP contribution in [0.15, 0.2) is 42.5 Å². The number of likely N-dealkylation sites (tertiary alicyclic amines) is 1. The summed E-state index contributed by atoms with van der Waals surface area (Å²) in [5.41, 5.74) is 1.10. The van der Waals surface area contributed by atoms with E-state index in [0.29, 0.717) is 18.8 Å². The Labute approximate surface area is 156 Å². The Bertz CT molecular complexity index is 812. The number of carbonyl (C=O) groups is 1. The van der Waals surface area contributed by atoms with Crippen LogP contribution >= 0.6 is 0 Å². The zero-order valence-corrected chi connectivity index (χ0v) is 15.2. The number of carbonyl (C=O) groups excluding carboxylic acids is 1. The summed E-state index contributed by atoms with van der Waals surface area (Å²) in [4.78, 5) is 14.5. The lowest BCUT2D eigenvalue weighted by molar-refractivity contribution is -0.0502. The van der Waals surface area contributed by atoms with Gasteiger partial charge in [-0.15, -0.1) is 0 Å². The topological polar surface area (TPSA) is 48.0 Å². The number of rotatable bonds is 6. The van der Waals surface area contributed by atoms with Crippen molar-refractivity contribution in [1.29, 1.82) is 0 Å². The molecule has 1 fully saturated rings. The van der Waals surface area contributed by atoms with Crippen molar-refractivity contribution >= 4 is 5.91 Å². The molecule has 1 amide bonds. The van der Waals surface area contributed by atoms with Crippen LogP contribution < -0.4 is 14.2 Å². The molecule has 1 aliphatic heterocycles. The van der Waals surface area contributed by atoms with Crippen LogP contribution in [-0.4, -0.2) is 44.7 Å². The minimum atomic E-state index is -2.98. The first-order chi connectivity index (χ1) is 13.0. The van der Waals surface area contributed by atoms with E-state index in [1.165, 1.54) is 12.1 Å². The van der Waals surface area contributed by atoms with E-state index < -0.39 is 6.61 Å². The van der Waals surface area contributed by atoms with Gasteiger partial charge in [-0.05, 0) is 36.8 Å². The smallest absolute Gasteiger partial charge is 0.387 e. The number of halogens is 2. The van der Waals surface area contributed by atoms with Gasteiger partial charge in [0.05, 0.1) is 19.8 Å². The van der Waals surface area contributed by atoms with E-state index in [1.807, 2.05) is 18.2 Å². The summed E-state index contributed by atoms with van der Waals surface area (Å²) in [5.74, 6) is 1.08. The molecule has 0 N–H and O–H groups in total. The number of benzene rings is 2. The lowest BCUT2D eigenvalue weighted by atomic mass is 9.97. The van der Waals surface area contributed by atoms with Gasteiger partial charge >= 0.3 is 6.61 Å². The van der Waals surface area contributed by atoms with E-state index in [4.69, 9.17) is 9.47 Å². The highest BCUT2D eigenvalue weighted by Crippen LogP contribution is 2.37. The summed E-state index contributed by atoms with van der Waals surface area (Å²) in [5, 5.41) is 0. The van der Waals surface area contributed by atoms with Crippen LogP contribution in [0.5, 0.6) is 17.2 Å². The minimum Gasteiger partial charge on any atom is -0.497 e. The van der Waals surface area contributed by atoms with Gasteiger partial charge in [0.1, 0.15) is 17.2 Å². The van der Waals surface area contributed by atoms with Gasteiger partial charge in [0, 0.05) is 24.6 Å². The van der Waals surface area contributed by atoms with Gasteiger partial charge in [-0.3, -0.25) is 4.79 Å². The molecule has 7 heteroatoms. The van der Waals surface area contributed by atoms with Gasteiger partial charge in [0.2, 0.25) is 0 Å². The van der Waals surface area contributed by atoms with Crippen molar-refractivity contribution in [3.8, 4) is 17.2 Å². The Kier molecular flexibility index (Phi) is 5.78. The maximum absolute atomic E-state index is 12.8. The first-order valence-corrected chi connectivity index (χ1v) is 8.58. The Morgan fingerprint density at radius 3 is 2.59 bits per heavy atom. The minimum absolute atomic E-state index is 0.0715. The van der Waals surface area contributed by atoms with E-state index in [9.17, 15) is 13.6 Å². The molecule has 0 radical (unpaired) electrons. The number of amides is 1. The van der Waals surface area contributed by atoms with E-state index in [-0.39, 0.29) is 23.1 Å². The van der Waals surface area contributed by atoms with Crippen molar-refractivity contribution in [2.75, 3.05) is 27.3 Å². The first kappa shape index (κ1) is 18.9. The SMILES string of the molecule is COc1ccc(OC)c(C2CCN(C(=O)c3ccccc3OC(F)F)C2)c1. The van der Waals surface area contributed by atoms with Crippen molar-refractivity contribution in [2.45, 2.75) is 19.0 Å². The maximum Gasteiger partial charge on any atom is 0.387 e. The molecule has 144 valence electrons. The van der Waals surface area contributed by atoms with Crippen molar-refractivity contribution in [3.63, 3.8) is 0 Å². The molecular formula is C20H21F2NO4. The highest BCUT2D eigenvalue weighted by molar-refractivity contribution is 5.97. The molecule has 5 nitrogen and oxygen atoms in total. The monoisotopic (exact) mass is 377 g/mol. The number of methoxy groups -OCH3 is 2. The fourth-order valence-electron chi connectivity index (χ4n) is 3.37. The molecule has 0 bridgehead atoms. The average molecular weight is 377 g/mol. The second-order valence-electron chi connectivity index (χ2n) is 6.22. The molecule has 0 aromatic heterocycles. The maximum atomic E-state index is 12.8. The predicted molar refractivity (Wildman–Crippen MR) is 95.9 cm³/mol. The number of nitrogens with zero attached hydrogens (tertiary/aromatic N) is 1. The molecule has 1 aliphatic rings. The third kappa shape index (κ3) is 4.13. The average Bonchev–Trinajstić information content (AvgIpc) is 3.17. The molecule has 1 atom stereocenters. The molecule has 1 heterocycles. The Morgan fingerprint density at radius 2 is 1.89 bits per heavy atom. The summed E-state index contributed by atoms with van der Waals surface area (Å²) in [6, 6.07) is 11.6.